The Morgan fingerprint density at radius 2 is 1.50 bits per heavy atom. The number of ether oxygens (including phenoxy) is 2. The maximum absolute atomic E-state index is 12.6. The Bertz CT molecular complexity index is 988. The van der Waals surface area contributed by atoms with E-state index in [2.05, 4.69) is 10.6 Å². The monoisotopic (exact) mass is 424 g/mol. The van der Waals surface area contributed by atoms with Gasteiger partial charge >= 0.3 is 0 Å². The number of nitrogens with one attached hydrogen (secondary N) is 2. The van der Waals surface area contributed by atoms with Gasteiger partial charge in [0, 0.05) is 22.6 Å². The fraction of sp³-hybridized carbons (Fsp3) is 0.217. The van der Waals surface area contributed by atoms with Gasteiger partial charge in [-0.15, -0.1) is 11.3 Å². The Labute approximate surface area is 179 Å². The van der Waals surface area contributed by atoms with Crippen LogP contribution in [0.5, 0.6) is 11.5 Å². The first kappa shape index (κ1) is 21.4. The number of rotatable bonds is 9. The van der Waals surface area contributed by atoms with E-state index >= 15 is 0 Å². The van der Waals surface area contributed by atoms with Crippen LogP contribution in [0.15, 0.2) is 60.0 Å². The molecule has 156 valence electrons. The lowest BCUT2D eigenvalue weighted by Gasteiger charge is -2.18. The molecule has 0 saturated heterocycles. The molecule has 0 bridgehead atoms. The van der Waals surface area contributed by atoms with Crippen molar-refractivity contribution < 1.29 is 19.1 Å². The van der Waals surface area contributed by atoms with Crippen LogP contribution >= 0.6 is 11.3 Å². The zero-order valence-electron chi connectivity index (χ0n) is 16.9. The summed E-state index contributed by atoms with van der Waals surface area (Å²) in [7, 11) is 0. The van der Waals surface area contributed by atoms with Gasteiger partial charge < -0.3 is 20.1 Å². The van der Waals surface area contributed by atoms with E-state index in [1.165, 1.54) is 11.3 Å². The number of anilines is 2. The average Bonchev–Trinajstić information content (AvgIpc) is 3.24. The fourth-order valence-electron chi connectivity index (χ4n) is 2.85. The molecule has 3 aromatic rings. The average molecular weight is 425 g/mol. The van der Waals surface area contributed by atoms with Gasteiger partial charge in [-0.25, -0.2) is 0 Å². The predicted molar refractivity (Wildman–Crippen MR) is 120 cm³/mol. The van der Waals surface area contributed by atoms with Gasteiger partial charge in [0.1, 0.15) is 11.5 Å². The summed E-state index contributed by atoms with van der Waals surface area (Å²) in [6.45, 7) is 4.53. The third kappa shape index (κ3) is 5.61. The van der Waals surface area contributed by atoms with Crippen molar-refractivity contribution in [2.75, 3.05) is 23.8 Å². The minimum absolute atomic E-state index is 0.151. The van der Waals surface area contributed by atoms with Gasteiger partial charge in [-0.3, -0.25) is 9.59 Å². The van der Waals surface area contributed by atoms with Crippen LogP contribution in [0, 0.1) is 0 Å². The zero-order chi connectivity index (χ0) is 21.3. The molecule has 30 heavy (non-hydrogen) atoms. The maximum atomic E-state index is 12.6. The summed E-state index contributed by atoms with van der Waals surface area (Å²) in [5, 5.41) is 7.70. The molecule has 0 aliphatic heterocycles. The molecule has 0 unspecified atom stereocenters. The first-order chi connectivity index (χ1) is 14.6. The Morgan fingerprint density at radius 1 is 0.867 bits per heavy atom. The molecule has 0 aliphatic rings. The second kappa shape index (κ2) is 10.5. The van der Waals surface area contributed by atoms with Crippen molar-refractivity contribution in [1.82, 2.24) is 0 Å². The molecule has 0 radical (unpaired) electrons. The summed E-state index contributed by atoms with van der Waals surface area (Å²) >= 11 is 1.53. The third-order valence-electron chi connectivity index (χ3n) is 4.15. The SMILES string of the molecule is CCOc1cc(NC(=O)c2ccccc2)c(OCC)cc1NC(=O)Cc1cccs1. The topological polar surface area (TPSA) is 76.7 Å². The maximum Gasteiger partial charge on any atom is 0.255 e. The van der Waals surface area contributed by atoms with E-state index < -0.39 is 0 Å². The molecular weight excluding hydrogens is 400 g/mol. The van der Waals surface area contributed by atoms with Gasteiger partial charge in [0.2, 0.25) is 5.91 Å². The van der Waals surface area contributed by atoms with Gasteiger partial charge in [-0.2, -0.15) is 0 Å². The van der Waals surface area contributed by atoms with E-state index in [9.17, 15) is 9.59 Å². The number of carbonyl (C=O) groups is 2. The van der Waals surface area contributed by atoms with Gasteiger partial charge in [0.25, 0.3) is 5.91 Å². The molecule has 0 saturated carbocycles. The summed E-state index contributed by atoms with van der Waals surface area (Å²) in [5.41, 5.74) is 1.51. The largest absolute Gasteiger partial charge is 0.492 e. The van der Waals surface area contributed by atoms with Crippen molar-refractivity contribution in [3.05, 3.63) is 70.4 Å². The number of carbonyl (C=O) groups excluding carboxylic acids is 2. The van der Waals surface area contributed by atoms with E-state index in [1.807, 2.05) is 37.4 Å². The van der Waals surface area contributed by atoms with Crippen LogP contribution in [0.1, 0.15) is 29.1 Å². The smallest absolute Gasteiger partial charge is 0.255 e. The molecule has 1 heterocycles. The van der Waals surface area contributed by atoms with E-state index in [0.29, 0.717) is 41.7 Å². The molecule has 0 fully saturated rings. The second-order valence-electron chi connectivity index (χ2n) is 6.34. The highest BCUT2D eigenvalue weighted by Gasteiger charge is 2.17. The molecule has 2 N–H and O–H groups in total. The predicted octanol–water partition coefficient (Wildman–Crippen LogP) is 4.98. The second-order valence-corrected chi connectivity index (χ2v) is 7.37. The third-order valence-corrected chi connectivity index (χ3v) is 5.03. The quantitative estimate of drug-likeness (QED) is 0.508. The molecule has 7 heteroatoms. The van der Waals surface area contributed by atoms with Crippen LogP contribution in [0.4, 0.5) is 11.4 Å². The Balaban J connectivity index is 1.86. The van der Waals surface area contributed by atoms with Crippen molar-refractivity contribution in [2.24, 2.45) is 0 Å². The van der Waals surface area contributed by atoms with Crippen LogP contribution in [-0.4, -0.2) is 25.0 Å². The normalized spacial score (nSPS) is 10.3. The highest BCUT2D eigenvalue weighted by Crippen LogP contribution is 2.37. The highest BCUT2D eigenvalue weighted by molar-refractivity contribution is 7.10. The number of hydrogen-bond donors (Lipinski definition) is 2. The number of benzene rings is 2. The zero-order valence-corrected chi connectivity index (χ0v) is 17.8. The summed E-state index contributed by atoms with van der Waals surface area (Å²) in [6.07, 6.45) is 0.277. The van der Waals surface area contributed by atoms with Gasteiger partial charge in [-0.1, -0.05) is 24.3 Å². The fourth-order valence-corrected chi connectivity index (χ4v) is 3.56. The molecule has 3 rings (SSSR count). The first-order valence-electron chi connectivity index (χ1n) is 9.73. The minimum Gasteiger partial charge on any atom is -0.492 e. The molecule has 2 aromatic carbocycles. The Morgan fingerprint density at radius 3 is 2.07 bits per heavy atom. The number of amides is 2. The van der Waals surface area contributed by atoms with Crippen molar-refractivity contribution in [1.29, 1.82) is 0 Å². The van der Waals surface area contributed by atoms with Crippen LogP contribution in [0.2, 0.25) is 0 Å². The lowest BCUT2D eigenvalue weighted by atomic mass is 10.2. The lowest BCUT2D eigenvalue weighted by molar-refractivity contribution is -0.115. The number of thiophene rings is 1. The van der Waals surface area contributed by atoms with E-state index in [-0.39, 0.29) is 18.2 Å². The van der Waals surface area contributed by atoms with Crippen molar-refractivity contribution >= 4 is 34.5 Å². The minimum atomic E-state index is -0.256. The molecular formula is C23H24N2O4S. The first-order valence-corrected chi connectivity index (χ1v) is 10.6. The van der Waals surface area contributed by atoms with E-state index in [0.717, 1.165) is 4.88 Å². The van der Waals surface area contributed by atoms with Gasteiger partial charge in [-0.05, 0) is 37.4 Å². The molecule has 0 spiro atoms. The van der Waals surface area contributed by atoms with Crippen LogP contribution < -0.4 is 20.1 Å². The Hall–Kier alpha value is -3.32. The van der Waals surface area contributed by atoms with Crippen molar-refractivity contribution in [2.45, 2.75) is 20.3 Å². The number of hydrogen-bond acceptors (Lipinski definition) is 5. The van der Waals surface area contributed by atoms with Gasteiger partial charge in [0.15, 0.2) is 0 Å². The van der Waals surface area contributed by atoms with Crippen molar-refractivity contribution in [3.8, 4) is 11.5 Å². The summed E-state index contributed by atoms with van der Waals surface area (Å²) < 4.78 is 11.4. The lowest BCUT2D eigenvalue weighted by Crippen LogP contribution is -2.16. The molecule has 2 amide bonds. The molecule has 0 atom stereocenters. The Kier molecular flexibility index (Phi) is 7.45. The standard InChI is InChI=1S/C23H24N2O4S/c1-3-28-20-15-19(25-23(27)16-9-6-5-7-10-16)21(29-4-2)14-18(20)24-22(26)13-17-11-8-12-30-17/h5-12,14-15H,3-4,13H2,1-2H3,(H,24,26)(H,25,27). The van der Waals surface area contributed by atoms with Crippen molar-refractivity contribution in [3.63, 3.8) is 0 Å². The molecule has 0 aliphatic carbocycles. The molecule has 6 nitrogen and oxygen atoms in total. The summed E-state index contributed by atoms with van der Waals surface area (Å²) in [5.74, 6) is 0.510. The summed E-state index contributed by atoms with van der Waals surface area (Å²) in [6, 6.07) is 16.1. The van der Waals surface area contributed by atoms with Crippen LogP contribution in [0.25, 0.3) is 0 Å². The highest BCUT2D eigenvalue weighted by atomic mass is 32.1. The molecule has 1 aromatic heterocycles. The van der Waals surface area contributed by atoms with Crippen LogP contribution in [0.3, 0.4) is 0 Å². The van der Waals surface area contributed by atoms with Crippen LogP contribution in [-0.2, 0) is 11.2 Å². The summed E-state index contributed by atoms with van der Waals surface area (Å²) in [4.78, 5) is 26.1. The van der Waals surface area contributed by atoms with E-state index in [4.69, 9.17) is 9.47 Å². The van der Waals surface area contributed by atoms with Gasteiger partial charge in [0.05, 0.1) is 31.0 Å². The van der Waals surface area contributed by atoms with E-state index in [1.54, 1.807) is 36.4 Å².